The van der Waals surface area contributed by atoms with Crippen LogP contribution in [0.4, 0.5) is 0 Å². The van der Waals surface area contributed by atoms with Gasteiger partial charge in [-0.1, -0.05) is 13.8 Å². The molecule has 2 atom stereocenters. The van der Waals surface area contributed by atoms with Gasteiger partial charge in [0.25, 0.3) is 0 Å². The predicted molar refractivity (Wildman–Crippen MR) is 59.8 cm³/mol. The average molecular weight is 221 g/mol. The molecule has 3 rings (SSSR count). The van der Waals surface area contributed by atoms with E-state index in [1.807, 2.05) is 0 Å². The molecule has 1 heterocycles. The maximum Gasteiger partial charge on any atom is 0.230 e. The molecule has 0 bridgehead atoms. The van der Waals surface area contributed by atoms with Gasteiger partial charge >= 0.3 is 0 Å². The van der Waals surface area contributed by atoms with E-state index in [1.165, 1.54) is 19.3 Å². The lowest BCUT2D eigenvalue weighted by molar-refractivity contribution is 0.388. The summed E-state index contributed by atoms with van der Waals surface area (Å²) in [5.41, 5.74) is 0. The normalized spacial score (nSPS) is 32.1. The molecule has 2 aliphatic carbocycles. The minimum atomic E-state index is 0.453. The van der Waals surface area contributed by atoms with E-state index in [-0.39, 0.29) is 0 Å². The van der Waals surface area contributed by atoms with Gasteiger partial charge in [0.2, 0.25) is 11.8 Å². The van der Waals surface area contributed by atoms with E-state index < -0.39 is 0 Å². The molecule has 16 heavy (non-hydrogen) atoms. The molecule has 2 saturated carbocycles. The van der Waals surface area contributed by atoms with Crippen molar-refractivity contribution >= 4 is 0 Å². The molecule has 0 aromatic carbocycles. The number of fused-ring (bicyclic) bond motifs is 1. The molecule has 2 fully saturated rings. The number of rotatable bonds is 4. The summed E-state index contributed by atoms with van der Waals surface area (Å²) in [6.07, 6.45) is 3.97. The molecule has 0 saturated heterocycles. The van der Waals surface area contributed by atoms with Crippen molar-refractivity contribution in [3.8, 4) is 0 Å². The Labute approximate surface area is 95.8 Å². The van der Waals surface area contributed by atoms with Crippen LogP contribution >= 0.6 is 0 Å². The molecule has 0 radical (unpaired) electrons. The Bertz CT molecular complexity index is 364. The van der Waals surface area contributed by atoms with Crippen molar-refractivity contribution in [3.63, 3.8) is 0 Å². The first-order chi connectivity index (χ1) is 7.72. The Kier molecular flexibility index (Phi) is 2.46. The maximum absolute atomic E-state index is 5.70. The van der Waals surface area contributed by atoms with Crippen LogP contribution in [0.1, 0.15) is 50.8 Å². The molecule has 2 aliphatic rings. The SMILES string of the molecule is CC(C)NCc1nnc(C2CC3CC3C2)o1. The van der Waals surface area contributed by atoms with Crippen LogP contribution in [0, 0.1) is 11.8 Å². The van der Waals surface area contributed by atoms with Gasteiger partial charge in [0.15, 0.2) is 0 Å². The standard InChI is InChI=1S/C12H19N3O/c1-7(2)13-6-11-14-15-12(16-11)10-4-8-3-9(8)5-10/h7-10,13H,3-6H2,1-2H3. The lowest BCUT2D eigenvalue weighted by atomic mass is 10.0. The summed E-state index contributed by atoms with van der Waals surface area (Å²) < 4.78 is 5.70. The Morgan fingerprint density at radius 3 is 2.69 bits per heavy atom. The average Bonchev–Trinajstić information content (AvgIpc) is 2.71. The van der Waals surface area contributed by atoms with Crippen LogP contribution in [-0.4, -0.2) is 16.2 Å². The van der Waals surface area contributed by atoms with Crippen LogP contribution in [0.2, 0.25) is 0 Å². The summed E-state index contributed by atoms with van der Waals surface area (Å²) in [5.74, 6) is 4.07. The van der Waals surface area contributed by atoms with Gasteiger partial charge in [0.05, 0.1) is 6.54 Å². The van der Waals surface area contributed by atoms with E-state index in [9.17, 15) is 0 Å². The van der Waals surface area contributed by atoms with Crippen molar-refractivity contribution < 1.29 is 4.42 Å². The minimum absolute atomic E-state index is 0.453. The predicted octanol–water partition coefficient (Wildman–Crippen LogP) is 2.08. The largest absolute Gasteiger partial charge is 0.424 e. The Hall–Kier alpha value is -0.900. The zero-order chi connectivity index (χ0) is 11.1. The second-order valence-electron chi connectivity index (χ2n) is 5.49. The second-order valence-corrected chi connectivity index (χ2v) is 5.49. The van der Waals surface area contributed by atoms with E-state index in [0.717, 1.165) is 23.6 Å². The van der Waals surface area contributed by atoms with Gasteiger partial charge < -0.3 is 9.73 Å². The van der Waals surface area contributed by atoms with Crippen LogP contribution in [0.25, 0.3) is 0 Å². The van der Waals surface area contributed by atoms with Crippen LogP contribution in [0.3, 0.4) is 0 Å². The zero-order valence-electron chi connectivity index (χ0n) is 9.94. The van der Waals surface area contributed by atoms with Crippen molar-refractivity contribution in [2.75, 3.05) is 0 Å². The van der Waals surface area contributed by atoms with Crippen molar-refractivity contribution in [2.24, 2.45) is 11.8 Å². The first-order valence-corrected chi connectivity index (χ1v) is 6.28. The Morgan fingerprint density at radius 1 is 1.25 bits per heavy atom. The van der Waals surface area contributed by atoms with Gasteiger partial charge in [-0.15, -0.1) is 10.2 Å². The van der Waals surface area contributed by atoms with Crippen molar-refractivity contribution in [1.29, 1.82) is 0 Å². The summed E-state index contributed by atoms with van der Waals surface area (Å²) in [7, 11) is 0. The summed E-state index contributed by atoms with van der Waals surface area (Å²) in [4.78, 5) is 0. The highest BCUT2D eigenvalue weighted by Crippen LogP contribution is 2.57. The van der Waals surface area contributed by atoms with Crippen LogP contribution in [0.15, 0.2) is 4.42 Å². The maximum atomic E-state index is 5.70. The smallest absolute Gasteiger partial charge is 0.230 e. The topological polar surface area (TPSA) is 51.0 Å². The van der Waals surface area contributed by atoms with Gasteiger partial charge in [-0.05, 0) is 31.1 Å². The summed E-state index contributed by atoms with van der Waals surface area (Å²) >= 11 is 0. The van der Waals surface area contributed by atoms with Gasteiger partial charge in [-0.2, -0.15) is 0 Å². The fourth-order valence-corrected chi connectivity index (χ4v) is 2.71. The highest BCUT2D eigenvalue weighted by Gasteiger charge is 2.47. The van der Waals surface area contributed by atoms with Crippen molar-refractivity contribution in [2.45, 2.75) is 51.6 Å². The third-order valence-corrected chi connectivity index (χ3v) is 3.74. The molecule has 2 unspecified atom stereocenters. The highest BCUT2D eigenvalue weighted by molar-refractivity contribution is 5.06. The Balaban J connectivity index is 1.59. The van der Waals surface area contributed by atoms with Crippen LogP contribution < -0.4 is 5.32 Å². The second kappa shape index (κ2) is 3.84. The number of hydrogen-bond donors (Lipinski definition) is 1. The fraction of sp³-hybridized carbons (Fsp3) is 0.833. The van der Waals surface area contributed by atoms with E-state index in [2.05, 4.69) is 29.4 Å². The van der Waals surface area contributed by atoms with Gasteiger partial charge in [0, 0.05) is 12.0 Å². The monoisotopic (exact) mass is 221 g/mol. The van der Waals surface area contributed by atoms with Crippen LogP contribution in [-0.2, 0) is 6.54 Å². The third kappa shape index (κ3) is 1.98. The molecular weight excluding hydrogens is 202 g/mol. The first kappa shape index (κ1) is 10.3. The molecule has 4 heteroatoms. The fourth-order valence-electron chi connectivity index (χ4n) is 2.71. The van der Waals surface area contributed by atoms with E-state index in [0.29, 0.717) is 18.5 Å². The quantitative estimate of drug-likeness (QED) is 0.845. The molecular formula is C12H19N3O. The van der Waals surface area contributed by atoms with Crippen LogP contribution in [0.5, 0.6) is 0 Å². The molecule has 0 aliphatic heterocycles. The summed E-state index contributed by atoms with van der Waals surface area (Å²) in [6, 6.07) is 0.453. The number of nitrogens with zero attached hydrogens (tertiary/aromatic N) is 2. The summed E-state index contributed by atoms with van der Waals surface area (Å²) in [6.45, 7) is 4.91. The highest BCUT2D eigenvalue weighted by atomic mass is 16.4. The van der Waals surface area contributed by atoms with E-state index in [1.54, 1.807) is 0 Å². The lowest BCUT2D eigenvalue weighted by Crippen LogP contribution is -2.21. The lowest BCUT2D eigenvalue weighted by Gasteiger charge is -2.05. The first-order valence-electron chi connectivity index (χ1n) is 6.28. The van der Waals surface area contributed by atoms with E-state index in [4.69, 9.17) is 4.42 Å². The van der Waals surface area contributed by atoms with Crippen molar-refractivity contribution in [3.05, 3.63) is 11.8 Å². The number of hydrogen-bond acceptors (Lipinski definition) is 4. The number of nitrogens with one attached hydrogen (secondary N) is 1. The van der Waals surface area contributed by atoms with Gasteiger partial charge in [-0.3, -0.25) is 0 Å². The van der Waals surface area contributed by atoms with Gasteiger partial charge in [0.1, 0.15) is 0 Å². The Morgan fingerprint density at radius 2 is 2.00 bits per heavy atom. The molecule has 1 N–H and O–H groups in total. The van der Waals surface area contributed by atoms with Gasteiger partial charge in [-0.25, -0.2) is 0 Å². The molecule has 88 valence electrons. The molecule has 0 spiro atoms. The van der Waals surface area contributed by atoms with E-state index >= 15 is 0 Å². The number of aromatic nitrogens is 2. The zero-order valence-corrected chi connectivity index (χ0v) is 9.94. The molecule has 1 aromatic rings. The molecule has 0 amide bonds. The van der Waals surface area contributed by atoms with Crippen molar-refractivity contribution in [1.82, 2.24) is 15.5 Å². The molecule has 4 nitrogen and oxygen atoms in total. The molecule has 1 aromatic heterocycles. The third-order valence-electron chi connectivity index (χ3n) is 3.74. The summed E-state index contributed by atoms with van der Waals surface area (Å²) in [5, 5.41) is 11.6. The minimum Gasteiger partial charge on any atom is -0.424 e.